The Kier molecular flexibility index (Phi) is 7.39. The normalized spacial score (nSPS) is 31.4. The minimum absolute atomic E-state index is 0.0214. The molecule has 13 heteroatoms. The molecule has 39 heavy (non-hydrogen) atoms. The standard InChI is InChI=1S/C26H34N4O9/c1-26(2)38-21-20(19(33)18-23(34)27-11-15(31)13-28(18)3)37-24(22(21)39-26)29-10-9-17(32)30(25(29)35)12-14-5-7-16(36-4)8-6-14/h5-10,15,18-22,24,31,33H,11-13H2,1-4H3,(H,27,34)/t15?,18-,19+,20+,21+,22+,24+/m0/s1. The number of nitrogens with one attached hydrogen (secondary N) is 1. The second-order valence-electron chi connectivity index (χ2n) is 10.6. The first kappa shape index (κ1) is 27.5. The van der Waals surface area contributed by atoms with Gasteiger partial charge in [-0.05, 0) is 38.6 Å². The highest BCUT2D eigenvalue weighted by molar-refractivity contribution is 5.82. The van der Waals surface area contributed by atoms with Gasteiger partial charge in [-0.2, -0.15) is 0 Å². The van der Waals surface area contributed by atoms with Crippen molar-refractivity contribution in [3.63, 3.8) is 0 Å². The molecule has 212 valence electrons. The van der Waals surface area contributed by atoms with Gasteiger partial charge in [0.25, 0.3) is 5.56 Å². The van der Waals surface area contributed by atoms with Crippen LogP contribution in [0.2, 0.25) is 0 Å². The van der Waals surface area contributed by atoms with Crippen LogP contribution in [-0.2, 0) is 25.5 Å². The molecule has 7 atom stereocenters. The van der Waals surface area contributed by atoms with Crippen molar-refractivity contribution in [1.82, 2.24) is 19.4 Å². The molecule has 1 unspecified atom stereocenters. The number of carbonyl (C=O) groups is 1. The van der Waals surface area contributed by atoms with Gasteiger partial charge in [0.15, 0.2) is 12.0 Å². The monoisotopic (exact) mass is 546 g/mol. The highest BCUT2D eigenvalue weighted by Gasteiger charge is 2.59. The van der Waals surface area contributed by atoms with E-state index in [4.69, 9.17) is 18.9 Å². The highest BCUT2D eigenvalue weighted by atomic mass is 16.8. The molecule has 2 aromatic rings. The van der Waals surface area contributed by atoms with Gasteiger partial charge in [-0.15, -0.1) is 0 Å². The zero-order chi connectivity index (χ0) is 28.1. The second-order valence-corrected chi connectivity index (χ2v) is 10.6. The van der Waals surface area contributed by atoms with Crippen LogP contribution in [0.15, 0.2) is 46.1 Å². The van der Waals surface area contributed by atoms with Crippen LogP contribution < -0.4 is 21.3 Å². The molecule has 3 N–H and O–H groups in total. The van der Waals surface area contributed by atoms with E-state index in [0.717, 1.165) is 10.1 Å². The number of β-amino-alcohol motifs (C(OH)–C–C–N with tert-alkyl or cyclic N) is 1. The topological polar surface area (TPSA) is 154 Å². The van der Waals surface area contributed by atoms with Crippen molar-refractivity contribution in [3.8, 4) is 5.75 Å². The van der Waals surface area contributed by atoms with Gasteiger partial charge < -0.3 is 34.5 Å². The number of hydrogen-bond acceptors (Lipinski definition) is 10. The summed E-state index contributed by atoms with van der Waals surface area (Å²) in [4.78, 5) is 40.7. The van der Waals surface area contributed by atoms with E-state index in [2.05, 4.69) is 5.32 Å². The minimum Gasteiger partial charge on any atom is -0.497 e. The van der Waals surface area contributed by atoms with Gasteiger partial charge in [-0.3, -0.25) is 23.6 Å². The van der Waals surface area contributed by atoms with Crippen molar-refractivity contribution < 1.29 is 34.0 Å². The molecular formula is C26H34N4O9. The smallest absolute Gasteiger partial charge is 0.333 e. The molecule has 0 bridgehead atoms. The number of carbonyl (C=O) groups excluding carboxylic acids is 1. The number of aliphatic hydroxyl groups excluding tert-OH is 2. The largest absolute Gasteiger partial charge is 0.497 e. The maximum absolute atomic E-state index is 13.6. The summed E-state index contributed by atoms with van der Waals surface area (Å²) in [6.07, 6.45) is -4.56. The molecule has 3 aliphatic rings. The Morgan fingerprint density at radius 1 is 1.13 bits per heavy atom. The van der Waals surface area contributed by atoms with Crippen LogP contribution in [0.25, 0.3) is 0 Å². The van der Waals surface area contributed by atoms with E-state index >= 15 is 0 Å². The number of benzene rings is 1. The number of aliphatic hydroxyl groups is 2. The molecule has 1 amide bonds. The Morgan fingerprint density at radius 2 is 1.82 bits per heavy atom. The number of hydrogen-bond donors (Lipinski definition) is 3. The lowest BCUT2D eigenvalue weighted by molar-refractivity contribution is -0.211. The molecule has 0 spiro atoms. The van der Waals surface area contributed by atoms with E-state index in [1.54, 1.807) is 57.2 Å². The third-order valence-corrected chi connectivity index (χ3v) is 7.35. The number of methoxy groups -OCH3 is 1. The zero-order valence-corrected chi connectivity index (χ0v) is 22.2. The lowest BCUT2D eigenvalue weighted by Gasteiger charge is -2.33. The first-order valence-corrected chi connectivity index (χ1v) is 12.8. The van der Waals surface area contributed by atoms with Crippen molar-refractivity contribution in [1.29, 1.82) is 0 Å². The Bertz CT molecular complexity index is 1320. The maximum Gasteiger partial charge on any atom is 0.333 e. The third kappa shape index (κ3) is 5.25. The fourth-order valence-electron chi connectivity index (χ4n) is 5.52. The SMILES string of the molecule is COc1ccc(Cn2c(=O)ccn([C@@H]3O[C@H]([C@H](O)[C@H]4C(=O)NCC(O)CN4C)[C@H]4OC(C)(C)O[C@H]43)c2=O)cc1. The zero-order valence-electron chi connectivity index (χ0n) is 22.2. The van der Waals surface area contributed by atoms with Crippen LogP contribution in [-0.4, -0.2) is 99.8 Å². The van der Waals surface area contributed by atoms with Crippen molar-refractivity contribution in [2.45, 2.75) is 69.0 Å². The maximum atomic E-state index is 13.6. The number of likely N-dealkylation sites (N-methyl/N-ethyl adjacent to an activating group) is 1. The van der Waals surface area contributed by atoms with Crippen LogP contribution in [0.5, 0.6) is 5.75 Å². The Balaban J connectivity index is 1.47. The molecule has 13 nitrogen and oxygen atoms in total. The molecule has 0 radical (unpaired) electrons. The Labute approximate surface area is 224 Å². The number of ether oxygens (including phenoxy) is 4. The number of fused-ring (bicyclic) bond motifs is 1. The lowest BCUT2D eigenvalue weighted by Crippen LogP contribution is -2.56. The fourth-order valence-corrected chi connectivity index (χ4v) is 5.52. The first-order valence-electron chi connectivity index (χ1n) is 12.8. The molecule has 4 heterocycles. The molecule has 3 aliphatic heterocycles. The number of rotatable bonds is 6. The predicted octanol–water partition coefficient (Wildman–Crippen LogP) is -1.36. The minimum atomic E-state index is -1.38. The summed E-state index contributed by atoms with van der Waals surface area (Å²) in [6.45, 7) is 3.65. The summed E-state index contributed by atoms with van der Waals surface area (Å²) in [5.41, 5.74) is -0.396. The quantitative estimate of drug-likeness (QED) is 0.396. The summed E-state index contributed by atoms with van der Waals surface area (Å²) < 4.78 is 25.9. The van der Waals surface area contributed by atoms with Gasteiger partial charge in [0.2, 0.25) is 5.91 Å². The third-order valence-electron chi connectivity index (χ3n) is 7.35. The summed E-state index contributed by atoms with van der Waals surface area (Å²) >= 11 is 0. The van der Waals surface area contributed by atoms with Gasteiger partial charge >= 0.3 is 5.69 Å². The van der Waals surface area contributed by atoms with Crippen LogP contribution in [0, 0.1) is 0 Å². The van der Waals surface area contributed by atoms with E-state index in [-0.39, 0.29) is 19.6 Å². The van der Waals surface area contributed by atoms with Crippen LogP contribution in [0.3, 0.4) is 0 Å². The molecular weight excluding hydrogens is 512 g/mol. The molecule has 1 aromatic heterocycles. The molecule has 0 saturated carbocycles. The molecule has 5 rings (SSSR count). The van der Waals surface area contributed by atoms with Crippen molar-refractivity contribution in [2.75, 3.05) is 27.2 Å². The Morgan fingerprint density at radius 3 is 2.51 bits per heavy atom. The van der Waals surface area contributed by atoms with Crippen LogP contribution >= 0.6 is 0 Å². The molecule has 3 fully saturated rings. The van der Waals surface area contributed by atoms with Crippen LogP contribution in [0.4, 0.5) is 0 Å². The number of nitrogens with zero attached hydrogens (tertiary/aromatic N) is 3. The predicted molar refractivity (Wildman–Crippen MR) is 136 cm³/mol. The fraction of sp³-hybridized carbons (Fsp3) is 0.577. The van der Waals surface area contributed by atoms with Crippen LogP contribution in [0.1, 0.15) is 25.6 Å². The molecule has 0 aliphatic carbocycles. The number of aromatic nitrogens is 2. The highest BCUT2D eigenvalue weighted by Crippen LogP contribution is 2.44. The van der Waals surface area contributed by atoms with E-state index in [1.807, 2.05) is 0 Å². The summed E-state index contributed by atoms with van der Waals surface area (Å²) in [7, 11) is 3.18. The lowest BCUT2D eigenvalue weighted by atomic mass is 9.98. The van der Waals surface area contributed by atoms with E-state index < -0.39 is 65.7 Å². The van der Waals surface area contributed by atoms with Gasteiger partial charge in [0.1, 0.15) is 36.2 Å². The summed E-state index contributed by atoms with van der Waals surface area (Å²) in [5, 5.41) is 24.1. The van der Waals surface area contributed by atoms with E-state index in [9.17, 15) is 24.6 Å². The average Bonchev–Trinajstić information content (AvgIpc) is 3.34. The van der Waals surface area contributed by atoms with Gasteiger partial charge in [0.05, 0.1) is 19.8 Å². The van der Waals surface area contributed by atoms with Gasteiger partial charge in [-0.1, -0.05) is 12.1 Å². The average molecular weight is 547 g/mol. The van der Waals surface area contributed by atoms with Crippen molar-refractivity contribution >= 4 is 5.91 Å². The van der Waals surface area contributed by atoms with E-state index in [0.29, 0.717) is 5.75 Å². The van der Waals surface area contributed by atoms with Gasteiger partial charge in [-0.25, -0.2) is 4.79 Å². The van der Waals surface area contributed by atoms with Crippen molar-refractivity contribution in [2.24, 2.45) is 0 Å². The molecule has 1 aromatic carbocycles. The second kappa shape index (κ2) is 10.5. The molecule has 3 saturated heterocycles. The van der Waals surface area contributed by atoms with Crippen molar-refractivity contribution in [3.05, 3.63) is 62.9 Å². The van der Waals surface area contributed by atoms with Gasteiger partial charge in [0, 0.05) is 25.4 Å². The first-order chi connectivity index (χ1) is 18.5. The van der Waals surface area contributed by atoms with E-state index in [1.165, 1.54) is 16.8 Å². The number of amides is 1. The summed E-state index contributed by atoms with van der Waals surface area (Å²) in [6, 6.07) is 7.23. The summed E-state index contributed by atoms with van der Waals surface area (Å²) in [5.74, 6) is -0.867. The Hall–Kier alpha value is -3.07.